The Hall–Kier alpha value is -2.28. The van der Waals surface area contributed by atoms with Gasteiger partial charge in [0.1, 0.15) is 0 Å². The first-order valence-corrected chi connectivity index (χ1v) is 10.3. The van der Waals surface area contributed by atoms with Crippen LogP contribution in [0.4, 0.5) is 0 Å². The number of carbonyl (C=O) groups excluding carboxylic acids is 2. The topological polar surface area (TPSA) is 71.1 Å². The van der Waals surface area contributed by atoms with Crippen molar-refractivity contribution in [1.82, 2.24) is 15.1 Å². The molecule has 0 spiro atoms. The quantitative estimate of drug-likeness (QED) is 0.805. The number of rotatable bonds is 6. The van der Waals surface area contributed by atoms with Crippen LogP contribution >= 0.6 is 0 Å². The van der Waals surface area contributed by atoms with Gasteiger partial charge in [0.25, 0.3) is 11.8 Å². The highest BCUT2D eigenvalue weighted by Crippen LogP contribution is 2.29. The molecular weight excluding hydrogens is 358 g/mol. The summed E-state index contributed by atoms with van der Waals surface area (Å²) in [7, 11) is 0. The van der Waals surface area contributed by atoms with Crippen LogP contribution < -0.4 is 14.8 Å². The third kappa shape index (κ3) is 5.16. The largest absolute Gasteiger partial charge is 0.490 e. The van der Waals surface area contributed by atoms with Crippen molar-refractivity contribution in [3.8, 4) is 11.5 Å². The molecule has 0 bridgehead atoms. The summed E-state index contributed by atoms with van der Waals surface area (Å²) in [4.78, 5) is 28.9. The Morgan fingerprint density at radius 3 is 2.57 bits per heavy atom. The Bertz CT molecular complexity index is 688. The molecule has 0 aliphatic carbocycles. The van der Waals surface area contributed by atoms with Crippen molar-refractivity contribution in [2.75, 3.05) is 45.9 Å². The highest BCUT2D eigenvalue weighted by atomic mass is 16.5. The van der Waals surface area contributed by atoms with Gasteiger partial charge in [0.15, 0.2) is 18.1 Å². The van der Waals surface area contributed by atoms with E-state index in [0.717, 1.165) is 32.5 Å². The molecule has 1 atom stereocenters. The van der Waals surface area contributed by atoms with E-state index in [4.69, 9.17) is 9.47 Å². The molecule has 2 heterocycles. The fourth-order valence-corrected chi connectivity index (χ4v) is 3.70. The van der Waals surface area contributed by atoms with Crippen molar-refractivity contribution in [2.45, 2.75) is 39.2 Å². The molecule has 2 fully saturated rings. The van der Waals surface area contributed by atoms with E-state index in [1.807, 2.05) is 16.7 Å². The van der Waals surface area contributed by atoms with Gasteiger partial charge in [-0.3, -0.25) is 9.59 Å². The van der Waals surface area contributed by atoms with Gasteiger partial charge in [-0.15, -0.1) is 0 Å². The van der Waals surface area contributed by atoms with Crippen molar-refractivity contribution in [3.63, 3.8) is 0 Å². The minimum atomic E-state index is -0.0112. The molecule has 1 N–H and O–H groups in total. The van der Waals surface area contributed by atoms with Gasteiger partial charge in [0.05, 0.1) is 6.61 Å². The second-order valence-electron chi connectivity index (χ2n) is 7.43. The molecule has 0 aromatic heterocycles. The first kappa shape index (κ1) is 20.5. The molecule has 7 nitrogen and oxygen atoms in total. The van der Waals surface area contributed by atoms with Gasteiger partial charge in [-0.2, -0.15) is 0 Å². The molecule has 1 unspecified atom stereocenters. The van der Waals surface area contributed by atoms with E-state index in [1.54, 1.807) is 18.2 Å². The van der Waals surface area contributed by atoms with Crippen LogP contribution in [0.25, 0.3) is 0 Å². The zero-order valence-electron chi connectivity index (χ0n) is 16.9. The van der Waals surface area contributed by atoms with Crippen molar-refractivity contribution >= 4 is 11.8 Å². The number of hydrogen-bond acceptors (Lipinski definition) is 5. The van der Waals surface area contributed by atoms with Crippen LogP contribution in [0.1, 0.15) is 43.5 Å². The van der Waals surface area contributed by atoms with Crippen LogP contribution in [-0.4, -0.2) is 73.6 Å². The number of carbonyl (C=O) groups is 2. The van der Waals surface area contributed by atoms with Gasteiger partial charge in [-0.1, -0.05) is 0 Å². The fraction of sp³-hybridized carbons (Fsp3) is 0.619. The second kappa shape index (κ2) is 9.78. The van der Waals surface area contributed by atoms with Crippen molar-refractivity contribution in [1.29, 1.82) is 0 Å². The second-order valence-corrected chi connectivity index (χ2v) is 7.43. The average Bonchev–Trinajstić information content (AvgIpc) is 2.73. The summed E-state index contributed by atoms with van der Waals surface area (Å²) < 4.78 is 11.4. The SMILES string of the molecule is CCOc1cc(C(=O)N2CCNC(C)C2)ccc1OCC(=O)N1CCCCC1. The summed E-state index contributed by atoms with van der Waals surface area (Å²) in [6.07, 6.45) is 3.29. The Kier molecular flexibility index (Phi) is 7.14. The third-order valence-electron chi connectivity index (χ3n) is 5.21. The van der Waals surface area contributed by atoms with E-state index in [2.05, 4.69) is 12.2 Å². The lowest BCUT2D eigenvalue weighted by atomic mass is 10.1. The van der Waals surface area contributed by atoms with Crippen molar-refractivity contribution < 1.29 is 19.1 Å². The normalized spacial score (nSPS) is 20.0. The molecule has 1 aromatic rings. The van der Waals surface area contributed by atoms with Crippen LogP contribution in [0.15, 0.2) is 18.2 Å². The minimum Gasteiger partial charge on any atom is -0.490 e. The lowest BCUT2D eigenvalue weighted by Crippen LogP contribution is -2.51. The number of ether oxygens (including phenoxy) is 2. The zero-order chi connectivity index (χ0) is 19.9. The summed E-state index contributed by atoms with van der Waals surface area (Å²) in [5.41, 5.74) is 0.576. The number of benzene rings is 1. The van der Waals surface area contributed by atoms with E-state index >= 15 is 0 Å². The molecule has 28 heavy (non-hydrogen) atoms. The number of likely N-dealkylation sites (tertiary alicyclic amines) is 1. The highest BCUT2D eigenvalue weighted by molar-refractivity contribution is 5.95. The zero-order valence-corrected chi connectivity index (χ0v) is 16.9. The standard InChI is InChI=1S/C21H31N3O4/c1-3-27-19-13-17(21(26)24-12-9-22-16(2)14-24)7-8-18(19)28-15-20(25)23-10-5-4-6-11-23/h7-8,13,16,22H,3-6,9-12,14-15H2,1-2H3. The Labute approximate surface area is 167 Å². The lowest BCUT2D eigenvalue weighted by molar-refractivity contribution is -0.134. The van der Waals surface area contributed by atoms with E-state index in [9.17, 15) is 9.59 Å². The maximum absolute atomic E-state index is 12.8. The summed E-state index contributed by atoms with van der Waals surface area (Å²) in [6, 6.07) is 5.48. The van der Waals surface area contributed by atoms with E-state index in [1.165, 1.54) is 6.42 Å². The number of nitrogens with zero attached hydrogens (tertiary/aromatic N) is 2. The van der Waals surface area contributed by atoms with Crippen molar-refractivity contribution in [2.24, 2.45) is 0 Å². The minimum absolute atomic E-state index is 0.00268. The summed E-state index contributed by atoms with van der Waals surface area (Å²) in [5.74, 6) is 0.989. The van der Waals surface area contributed by atoms with Crippen molar-refractivity contribution in [3.05, 3.63) is 23.8 Å². The average molecular weight is 389 g/mol. The molecule has 2 saturated heterocycles. The smallest absolute Gasteiger partial charge is 0.260 e. The first-order chi connectivity index (χ1) is 13.6. The number of piperazine rings is 1. The summed E-state index contributed by atoms with van der Waals surface area (Å²) >= 11 is 0. The van der Waals surface area contributed by atoms with Gasteiger partial charge < -0.3 is 24.6 Å². The maximum atomic E-state index is 12.8. The Morgan fingerprint density at radius 2 is 1.86 bits per heavy atom. The molecule has 3 rings (SSSR count). The van der Waals surface area contributed by atoms with Gasteiger partial charge >= 0.3 is 0 Å². The van der Waals surface area contributed by atoms with Crippen LogP contribution in [-0.2, 0) is 4.79 Å². The molecule has 0 saturated carbocycles. The molecule has 2 amide bonds. The predicted octanol–water partition coefficient (Wildman–Crippen LogP) is 1.91. The number of amides is 2. The number of nitrogens with one attached hydrogen (secondary N) is 1. The predicted molar refractivity (Wildman–Crippen MR) is 107 cm³/mol. The third-order valence-corrected chi connectivity index (χ3v) is 5.21. The summed E-state index contributed by atoms with van der Waals surface area (Å²) in [6.45, 7) is 8.18. The Balaban J connectivity index is 1.66. The molecule has 0 radical (unpaired) electrons. The number of hydrogen-bond donors (Lipinski definition) is 1. The molecule has 1 aromatic carbocycles. The van der Waals surface area contributed by atoms with Crippen LogP contribution in [0, 0.1) is 0 Å². The van der Waals surface area contributed by atoms with Crippen LogP contribution in [0.5, 0.6) is 11.5 Å². The highest BCUT2D eigenvalue weighted by Gasteiger charge is 2.23. The van der Waals surface area contributed by atoms with Gasteiger partial charge in [0.2, 0.25) is 0 Å². The Morgan fingerprint density at radius 1 is 1.07 bits per heavy atom. The molecule has 154 valence electrons. The summed E-state index contributed by atoms with van der Waals surface area (Å²) in [5, 5.41) is 3.34. The molecule has 7 heteroatoms. The van der Waals surface area contributed by atoms with Gasteiger partial charge in [0, 0.05) is 44.3 Å². The molecule has 2 aliphatic heterocycles. The van der Waals surface area contributed by atoms with E-state index < -0.39 is 0 Å². The molecular formula is C21H31N3O4. The monoisotopic (exact) mass is 389 g/mol. The van der Waals surface area contributed by atoms with Crippen LogP contribution in [0.2, 0.25) is 0 Å². The number of piperidine rings is 1. The van der Waals surface area contributed by atoms with Gasteiger partial charge in [-0.05, 0) is 51.3 Å². The first-order valence-electron chi connectivity index (χ1n) is 10.3. The van der Waals surface area contributed by atoms with Crippen LogP contribution in [0.3, 0.4) is 0 Å². The van der Waals surface area contributed by atoms with E-state index in [-0.39, 0.29) is 24.5 Å². The fourth-order valence-electron chi connectivity index (χ4n) is 3.70. The molecule has 2 aliphatic rings. The van der Waals surface area contributed by atoms with E-state index in [0.29, 0.717) is 36.8 Å². The maximum Gasteiger partial charge on any atom is 0.260 e. The lowest BCUT2D eigenvalue weighted by Gasteiger charge is -2.32. The van der Waals surface area contributed by atoms with Gasteiger partial charge in [-0.25, -0.2) is 0 Å².